The maximum atomic E-state index is 14.3. The molecule has 3 heterocycles. The molecule has 31 heavy (non-hydrogen) atoms. The first-order chi connectivity index (χ1) is 14.5. The van der Waals surface area contributed by atoms with Crippen LogP contribution in [0, 0.1) is 24.5 Å². The number of halogens is 5. The van der Waals surface area contributed by atoms with E-state index in [1.165, 1.54) is 34.4 Å². The minimum Gasteiger partial charge on any atom is -0.368 e. The summed E-state index contributed by atoms with van der Waals surface area (Å²) < 4.78 is 68.2. The number of benzene rings is 1. The second-order valence-electron chi connectivity index (χ2n) is 8.09. The van der Waals surface area contributed by atoms with Crippen LogP contribution in [0.4, 0.5) is 27.6 Å². The number of hydrogen-bond acceptors (Lipinski definition) is 3. The lowest BCUT2D eigenvalue weighted by Gasteiger charge is -2.41. The van der Waals surface area contributed by atoms with Crippen molar-refractivity contribution in [2.45, 2.75) is 32.6 Å². The van der Waals surface area contributed by atoms with Crippen molar-refractivity contribution in [2.24, 2.45) is 13.0 Å². The van der Waals surface area contributed by atoms with E-state index in [4.69, 9.17) is 0 Å². The van der Waals surface area contributed by atoms with E-state index in [9.17, 15) is 31.5 Å². The minimum atomic E-state index is -4.78. The molecule has 1 saturated heterocycles. The van der Waals surface area contributed by atoms with Crippen LogP contribution in [0.15, 0.2) is 23.0 Å². The third-order valence-corrected chi connectivity index (χ3v) is 6.11. The van der Waals surface area contributed by atoms with Crippen LogP contribution >= 0.6 is 0 Å². The first-order valence-electron chi connectivity index (χ1n) is 9.74. The molecule has 2 aliphatic heterocycles. The van der Waals surface area contributed by atoms with Gasteiger partial charge in [-0.1, -0.05) is 6.07 Å². The first-order valence-corrected chi connectivity index (χ1v) is 9.74. The number of alkyl halides is 3. The topological polar surface area (TPSA) is 45.6 Å². The van der Waals surface area contributed by atoms with Crippen molar-refractivity contribution >= 4 is 11.6 Å². The summed E-state index contributed by atoms with van der Waals surface area (Å²) in [6, 6.07) is 3.15. The van der Waals surface area contributed by atoms with Crippen molar-refractivity contribution in [1.82, 2.24) is 9.47 Å². The van der Waals surface area contributed by atoms with Crippen LogP contribution < -0.4 is 10.5 Å². The summed E-state index contributed by atoms with van der Waals surface area (Å²) in [5.41, 5.74) is -0.722. The summed E-state index contributed by atoms with van der Waals surface area (Å²) in [7, 11) is 1.46. The van der Waals surface area contributed by atoms with E-state index in [1.54, 1.807) is 0 Å². The van der Waals surface area contributed by atoms with Crippen LogP contribution in [0.1, 0.15) is 28.8 Å². The third kappa shape index (κ3) is 3.57. The highest BCUT2D eigenvalue weighted by molar-refractivity contribution is 5.77. The molecule has 0 N–H and O–H groups in total. The van der Waals surface area contributed by atoms with E-state index >= 15 is 0 Å². The predicted molar refractivity (Wildman–Crippen MR) is 102 cm³/mol. The lowest BCUT2D eigenvalue weighted by molar-refractivity contribution is -0.140. The molecule has 0 saturated carbocycles. The van der Waals surface area contributed by atoms with Gasteiger partial charge in [-0.2, -0.15) is 13.2 Å². The van der Waals surface area contributed by atoms with Crippen LogP contribution in [-0.4, -0.2) is 28.5 Å². The van der Waals surface area contributed by atoms with Crippen LogP contribution in [0.5, 0.6) is 0 Å². The van der Waals surface area contributed by atoms with E-state index in [2.05, 4.69) is 0 Å². The first kappa shape index (κ1) is 21.3. The van der Waals surface area contributed by atoms with Gasteiger partial charge in [0.05, 0.1) is 17.8 Å². The van der Waals surface area contributed by atoms with Gasteiger partial charge in [-0.25, -0.2) is 8.78 Å². The predicted octanol–water partition coefficient (Wildman–Crippen LogP) is 3.36. The monoisotopic (exact) mass is 441 g/mol. The fourth-order valence-corrected chi connectivity index (χ4v) is 4.25. The van der Waals surface area contributed by atoms with Gasteiger partial charge < -0.3 is 14.4 Å². The van der Waals surface area contributed by atoms with Crippen LogP contribution in [0.2, 0.25) is 0 Å². The number of fused-ring (bicyclic) bond motifs is 1. The fraction of sp³-hybridized carbons (Fsp3) is 0.429. The van der Waals surface area contributed by atoms with Gasteiger partial charge in [0, 0.05) is 44.7 Å². The Balaban J connectivity index is 1.40. The average molecular weight is 441 g/mol. The maximum absolute atomic E-state index is 14.3. The molecule has 0 atom stereocenters. The Hall–Kier alpha value is -2.91. The Kier molecular flexibility index (Phi) is 5.06. The molecule has 0 radical (unpaired) electrons. The number of anilines is 1. The van der Waals surface area contributed by atoms with E-state index in [0.717, 1.165) is 6.07 Å². The second-order valence-corrected chi connectivity index (χ2v) is 8.09. The van der Waals surface area contributed by atoms with E-state index in [0.29, 0.717) is 17.3 Å². The van der Waals surface area contributed by atoms with Gasteiger partial charge >= 0.3 is 6.18 Å². The standard InChI is InChI=1S/C21H20F5N3O2/c1-11-13-9-29(10-16(13)27(2)20(31)18(11)22)17(30)6-12-7-28(8-12)15-5-3-4-14(19(15)23)21(24,25)26/h3-5,12H,6-10H2,1-2H3. The second kappa shape index (κ2) is 7.35. The van der Waals surface area contributed by atoms with Crippen molar-refractivity contribution < 1.29 is 26.7 Å². The molecular formula is C21H20F5N3O2. The molecule has 1 aromatic heterocycles. The summed E-state index contributed by atoms with van der Waals surface area (Å²) in [6.45, 7) is 2.42. The van der Waals surface area contributed by atoms with Crippen LogP contribution in [-0.2, 0) is 31.1 Å². The zero-order valence-electron chi connectivity index (χ0n) is 16.9. The molecule has 166 valence electrons. The normalized spacial score (nSPS) is 16.5. The number of aromatic nitrogens is 1. The summed E-state index contributed by atoms with van der Waals surface area (Å²) >= 11 is 0. The molecule has 0 bridgehead atoms. The Morgan fingerprint density at radius 3 is 2.45 bits per heavy atom. The van der Waals surface area contributed by atoms with Gasteiger partial charge in [-0.05, 0) is 30.2 Å². The minimum absolute atomic E-state index is 0.131. The van der Waals surface area contributed by atoms with Crippen molar-refractivity contribution in [1.29, 1.82) is 0 Å². The number of nitrogens with zero attached hydrogens (tertiary/aromatic N) is 3. The Morgan fingerprint density at radius 1 is 1.13 bits per heavy atom. The van der Waals surface area contributed by atoms with Crippen molar-refractivity contribution in [3.8, 4) is 0 Å². The summed E-state index contributed by atoms with van der Waals surface area (Å²) in [5, 5.41) is 0. The highest BCUT2D eigenvalue weighted by Gasteiger charge is 2.38. The quantitative estimate of drug-likeness (QED) is 0.687. The maximum Gasteiger partial charge on any atom is 0.419 e. The molecule has 0 unspecified atom stereocenters. The van der Waals surface area contributed by atoms with Crippen molar-refractivity contribution in [2.75, 3.05) is 18.0 Å². The summed E-state index contributed by atoms with van der Waals surface area (Å²) in [4.78, 5) is 27.6. The van der Waals surface area contributed by atoms with Crippen LogP contribution in [0.3, 0.4) is 0 Å². The number of carbonyl (C=O) groups is 1. The number of carbonyl (C=O) groups excluding carboxylic acids is 1. The molecule has 0 aliphatic carbocycles. The molecule has 10 heteroatoms. The highest BCUT2D eigenvalue weighted by Crippen LogP contribution is 2.37. The molecular weight excluding hydrogens is 421 g/mol. The van der Waals surface area contributed by atoms with Gasteiger partial charge in [0.1, 0.15) is 0 Å². The Labute approximate surface area is 174 Å². The zero-order valence-corrected chi connectivity index (χ0v) is 16.9. The van der Waals surface area contributed by atoms with E-state index in [1.807, 2.05) is 0 Å². The SMILES string of the molecule is Cc1c2c(n(C)c(=O)c1F)CN(C(=O)CC1CN(c3cccc(C(F)(F)F)c3F)C1)C2. The van der Waals surface area contributed by atoms with Crippen LogP contribution in [0.25, 0.3) is 0 Å². The van der Waals surface area contributed by atoms with Gasteiger partial charge in [0.15, 0.2) is 11.6 Å². The lowest BCUT2D eigenvalue weighted by Crippen LogP contribution is -2.49. The number of hydrogen-bond donors (Lipinski definition) is 0. The molecule has 1 fully saturated rings. The molecule has 2 aromatic rings. The van der Waals surface area contributed by atoms with Gasteiger partial charge in [0.25, 0.3) is 5.56 Å². The highest BCUT2D eigenvalue weighted by atomic mass is 19.4. The largest absolute Gasteiger partial charge is 0.419 e. The number of amides is 1. The summed E-state index contributed by atoms with van der Waals surface area (Å²) in [6.07, 6.45) is -4.64. The molecule has 4 rings (SSSR count). The molecule has 0 spiro atoms. The Morgan fingerprint density at radius 2 is 1.81 bits per heavy atom. The number of rotatable bonds is 3. The molecule has 1 amide bonds. The third-order valence-electron chi connectivity index (χ3n) is 6.11. The molecule has 5 nitrogen and oxygen atoms in total. The smallest absolute Gasteiger partial charge is 0.368 e. The van der Waals surface area contributed by atoms with E-state index in [-0.39, 0.29) is 55.7 Å². The Bertz CT molecular complexity index is 1120. The number of pyridine rings is 1. The summed E-state index contributed by atoms with van der Waals surface area (Å²) in [5.74, 6) is -2.47. The van der Waals surface area contributed by atoms with Gasteiger partial charge in [0.2, 0.25) is 5.91 Å². The molecule has 1 aromatic carbocycles. The van der Waals surface area contributed by atoms with Gasteiger partial charge in [-0.15, -0.1) is 0 Å². The van der Waals surface area contributed by atoms with Crippen molar-refractivity contribution in [3.63, 3.8) is 0 Å². The fourth-order valence-electron chi connectivity index (χ4n) is 4.25. The zero-order chi connectivity index (χ0) is 22.7. The van der Waals surface area contributed by atoms with E-state index < -0.39 is 28.9 Å². The van der Waals surface area contributed by atoms with Crippen molar-refractivity contribution in [3.05, 3.63) is 62.6 Å². The lowest BCUT2D eigenvalue weighted by atomic mass is 9.94. The average Bonchev–Trinajstić information content (AvgIpc) is 3.12. The molecule has 2 aliphatic rings. The van der Waals surface area contributed by atoms with Gasteiger partial charge in [-0.3, -0.25) is 9.59 Å².